The summed E-state index contributed by atoms with van der Waals surface area (Å²) < 4.78 is 0. The van der Waals surface area contributed by atoms with Crippen LogP contribution in [0.3, 0.4) is 0 Å². The fourth-order valence-corrected chi connectivity index (χ4v) is 6.27. The topological polar surface area (TPSA) is 94.6 Å². The van der Waals surface area contributed by atoms with Crippen molar-refractivity contribution in [2.24, 2.45) is 0 Å². The van der Waals surface area contributed by atoms with Gasteiger partial charge in [0.1, 0.15) is 9.71 Å². The number of nitrogens with one attached hydrogen (secondary N) is 2. The summed E-state index contributed by atoms with van der Waals surface area (Å²) in [5.74, 6) is -0.425. The smallest absolute Gasteiger partial charge is 0.331 e. The third-order valence-corrected chi connectivity index (χ3v) is 8.28. The largest absolute Gasteiger partial charge is 0.347 e. The normalized spacial score (nSPS) is 16.6. The molecule has 6 rings (SSSR count). The lowest BCUT2D eigenvalue weighted by Crippen LogP contribution is -2.49. The molecule has 196 valence electrons. The maximum absolute atomic E-state index is 13.5. The molecule has 0 unspecified atom stereocenters. The molecule has 2 aliphatic rings. The quantitative estimate of drug-likeness (QED) is 0.312. The molecule has 39 heavy (non-hydrogen) atoms. The maximum atomic E-state index is 13.5. The number of aryl methyl sites for hydroxylation is 1. The Balaban J connectivity index is 1.33. The number of rotatable bonds is 5. The number of amides is 4. The number of likely N-dealkylation sites (tertiary alicyclic amines) is 1. The molecule has 0 saturated carbocycles. The number of thiophene rings is 1. The van der Waals surface area contributed by atoms with Crippen LogP contribution in [0.1, 0.15) is 28.1 Å². The van der Waals surface area contributed by atoms with E-state index < -0.39 is 0 Å². The summed E-state index contributed by atoms with van der Waals surface area (Å²) in [5, 5.41) is 6.76. The molecule has 2 N–H and O–H groups in total. The zero-order valence-corrected chi connectivity index (χ0v) is 22.3. The minimum absolute atomic E-state index is 0.140. The Kier molecular flexibility index (Phi) is 6.36. The van der Waals surface area contributed by atoms with Crippen LogP contribution in [0, 0.1) is 6.92 Å². The first-order valence-electron chi connectivity index (χ1n) is 12.8. The summed E-state index contributed by atoms with van der Waals surface area (Å²) in [5.41, 5.74) is 5.11. The second-order valence-corrected chi connectivity index (χ2v) is 10.8. The van der Waals surface area contributed by atoms with Crippen molar-refractivity contribution in [2.75, 3.05) is 23.3 Å². The Bertz CT molecular complexity index is 1630. The molecule has 2 aliphatic heterocycles. The maximum Gasteiger partial charge on any atom is 0.331 e. The van der Waals surface area contributed by atoms with Gasteiger partial charge in [-0.15, -0.1) is 11.3 Å². The highest BCUT2D eigenvalue weighted by molar-refractivity contribution is 7.21. The minimum Gasteiger partial charge on any atom is -0.347 e. The molecule has 4 heterocycles. The Labute approximate surface area is 230 Å². The number of carbonyl (C=O) groups is 3. The predicted molar refractivity (Wildman–Crippen MR) is 155 cm³/mol. The number of aromatic nitrogens is 1. The van der Waals surface area contributed by atoms with Gasteiger partial charge < -0.3 is 15.5 Å². The van der Waals surface area contributed by atoms with E-state index in [0.29, 0.717) is 34.2 Å². The van der Waals surface area contributed by atoms with Gasteiger partial charge in [0.25, 0.3) is 5.91 Å². The number of anilines is 3. The summed E-state index contributed by atoms with van der Waals surface area (Å²) in [6.07, 6.45) is 4.52. The van der Waals surface area contributed by atoms with Crippen LogP contribution in [0.5, 0.6) is 0 Å². The van der Waals surface area contributed by atoms with Gasteiger partial charge in [0, 0.05) is 25.3 Å². The molecule has 4 aromatic rings. The zero-order valence-electron chi connectivity index (χ0n) is 21.4. The van der Waals surface area contributed by atoms with Crippen molar-refractivity contribution in [3.63, 3.8) is 0 Å². The number of piperidine rings is 1. The number of carbonyl (C=O) groups excluding carboxylic acids is 3. The fraction of sp³-hybridized carbons (Fsp3) is 0.200. The predicted octanol–water partition coefficient (Wildman–Crippen LogP) is 5.86. The Morgan fingerprint density at radius 2 is 1.97 bits per heavy atom. The minimum atomic E-state index is -0.344. The summed E-state index contributed by atoms with van der Waals surface area (Å²) in [7, 11) is 0. The molecule has 0 spiro atoms. The lowest BCUT2D eigenvalue weighted by Gasteiger charge is -2.32. The first-order chi connectivity index (χ1) is 18.9. The molecule has 1 fully saturated rings. The first-order valence-corrected chi connectivity index (χ1v) is 13.7. The van der Waals surface area contributed by atoms with Crippen molar-refractivity contribution >= 4 is 56.5 Å². The third-order valence-electron chi connectivity index (χ3n) is 7.18. The Morgan fingerprint density at radius 1 is 1.15 bits per heavy atom. The number of hydrogen-bond donors (Lipinski definition) is 2. The molecule has 0 bridgehead atoms. The Hall–Kier alpha value is -4.50. The number of pyridine rings is 1. The van der Waals surface area contributed by atoms with Gasteiger partial charge >= 0.3 is 6.03 Å². The number of urea groups is 1. The zero-order chi connectivity index (χ0) is 27.1. The number of hydrogen-bond acceptors (Lipinski definition) is 5. The van der Waals surface area contributed by atoms with Crippen LogP contribution in [0.25, 0.3) is 21.3 Å². The van der Waals surface area contributed by atoms with E-state index in [1.807, 2.05) is 31.2 Å². The van der Waals surface area contributed by atoms with Crippen LogP contribution in [0.4, 0.5) is 21.9 Å². The average Bonchev–Trinajstić information content (AvgIpc) is 3.33. The molecule has 8 nitrogen and oxygen atoms in total. The van der Waals surface area contributed by atoms with E-state index in [4.69, 9.17) is 0 Å². The second-order valence-electron chi connectivity index (χ2n) is 9.80. The molecule has 0 aliphatic carbocycles. The lowest BCUT2D eigenvalue weighted by atomic mass is 10.0. The third kappa shape index (κ3) is 4.55. The number of nitrogens with zero attached hydrogens (tertiary/aromatic N) is 3. The van der Waals surface area contributed by atoms with Crippen molar-refractivity contribution in [2.45, 2.75) is 25.8 Å². The van der Waals surface area contributed by atoms with E-state index in [1.165, 1.54) is 23.0 Å². The van der Waals surface area contributed by atoms with Crippen LogP contribution in [-0.4, -0.2) is 46.9 Å². The highest BCUT2D eigenvalue weighted by Crippen LogP contribution is 2.46. The van der Waals surface area contributed by atoms with E-state index in [0.717, 1.165) is 35.0 Å². The van der Waals surface area contributed by atoms with E-state index in [1.54, 1.807) is 22.1 Å². The summed E-state index contributed by atoms with van der Waals surface area (Å²) in [6, 6.07) is 17.4. The second kappa shape index (κ2) is 9.99. The molecular formula is C30H27N5O3S. The van der Waals surface area contributed by atoms with Gasteiger partial charge in [-0.25, -0.2) is 9.78 Å². The van der Waals surface area contributed by atoms with E-state index in [2.05, 4.69) is 46.5 Å². The highest BCUT2D eigenvalue weighted by atomic mass is 32.1. The highest BCUT2D eigenvalue weighted by Gasteiger charge is 2.33. The standard InChI is InChI=1S/C30H27N5O3S/c1-3-24(36)34-15-5-7-21(17-34)32-28(37)27-26-25-23(13-14-31-29(25)39-27)35(30(38)33-26)22-8-4-6-20(16-22)19-11-9-18(2)10-12-19/h3-4,6,8-14,16,21H,1,5,7,15,17H2,2H3,(H,32,37)(H,33,38)/t21-/m1/s1. The van der Waals surface area contributed by atoms with E-state index in [9.17, 15) is 14.4 Å². The van der Waals surface area contributed by atoms with Crippen molar-refractivity contribution < 1.29 is 14.4 Å². The van der Waals surface area contributed by atoms with Crippen LogP contribution in [-0.2, 0) is 4.79 Å². The molecule has 2 aromatic carbocycles. The lowest BCUT2D eigenvalue weighted by molar-refractivity contribution is -0.127. The summed E-state index contributed by atoms with van der Waals surface area (Å²) >= 11 is 1.25. The molecule has 4 amide bonds. The van der Waals surface area contributed by atoms with Crippen molar-refractivity contribution in [3.05, 3.63) is 83.9 Å². The van der Waals surface area contributed by atoms with Gasteiger partial charge in [0.15, 0.2) is 0 Å². The summed E-state index contributed by atoms with van der Waals surface area (Å²) in [4.78, 5) is 47.9. The fourth-order valence-electron chi connectivity index (χ4n) is 5.25. The van der Waals surface area contributed by atoms with Gasteiger partial charge in [0.05, 0.1) is 22.4 Å². The van der Waals surface area contributed by atoms with Gasteiger partial charge in [-0.1, -0.05) is 48.5 Å². The van der Waals surface area contributed by atoms with Gasteiger partial charge in [-0.05, 0) is 55.2 Å². The van der Waals surface area contributed by atoms with Crippen LogP contribution >= 0.6 is 11.3 Å². The van der Waals surface area contributed by atoms with Gasteiger partial charge in [0.2, 0.25) is 5.91 Å². The molecular weight excluding hydrogens is 510 g/mol. The van der Waals surface area contributed by atoms with Crippen molar-refractivity contribution in [1.82, 2.24) is 15.2 Å². The first kappa shape index (κ1) is 24.8. The van der Waals surface area contributed by atoms with E-state index >= 15 is 0 Å². The molecule has 2 aromatic heterocycles. The van der Waals surface area contributed by atoms with Gasteiger partial charge in [-0.2, -0.15) is 0 Å². The molecule has 9 heteroatoms. The molecule has 0 radical (unpaired) electrons. The van der Waals surface area contributed by atoms with Crippen molar-refractivity contribution in [1.29, 1.82) is 0 Å². The average molecular weight is 538 g/mol. The van der Waals surface area contributed by atoms with Gasteiger partial charge in [-0.3, -0.25) is 14.5 Å². The van der Waals surface area contributed by atoms with Crippen LogP contribution in [0.2, 0.25) is 0 Å². The molecule has 1 atom stereocenters. The van der Waals surface area contributed by atoms with Crippen molar-refractivity contribution in [3.8, 4) is 11.1 Å². The summed E-state index contributed by atoms with van der Waals surface area (Å²) in [6.45, 7) is 6.69. The monoisotopic (exact) mass is 537 g/mol. The SMILES string of the molecule is C=CC(=O)N1CCC[C@@H](NC(=O)c2sc3nccc4c3c2NC(=O)N4c2cccc(-c3ccc(C)cc3)c2)C1. The van der Waals surface area contributed by atoms with Crippen LogP contribution in [0.15, 0.2) is 73.4 Å². The van der Waals surface area contributed by atoms with Crippen LogP contribution < -0.4 is 15.5 Å². The van der Waals surface area contributed by atoms with E-state index in [-0.39, 0.29) is 23.9 Å². The Morgan fingerprint density at radius 3 is 2.77 bits per heavy atom. The number of benzene rings is 2. The molecule has 1 saturated heterocycles.